The maximum atomic E-state index is 12.2. The molecule has 2 aliphatic rings. The minimum Gasteiger partial charge on any atom is -0.463 e. The van der Waals surface area contributed by atoms with Crippen molar-refractivity contribution in [2.24, 2.45) is 0 Å². The first-order valence-electron chi connectivity index (χ1n) is 11.2. The van der Waals surface area contributed by atoms with Crippen LogP contribution in [0.3, 0.4) is 0 Å². The van der Waals surface area contributed by atoms with Crippen molar-refractivity contribution >= 4 is 23.2 Å². The molecule has 1 atom stereocenters. The lowest BCUT2D eigenvalue weighted by molar-refractivity contribution is -0.115. The van der Waals surface area contributed by atoms with Crippen LogP contribution in [0.2, 0.25) is 0 Å². The van der Waals surface area contributed by atoms with Gasteiger partial charge in [-0.3, -0.25) is 9.69 Å². The summed E-state index contributed by atoms with van der Waals surface area (Å²) in [5.74, 6) is 0.616. The van der Waals surface area contributed by atoms with E-state index in [1.165, 1.54) is 12.8 Å². The van der Waals surface area contributed by atoms with E-state index in [4.69, 9.17) is 11.8 Å². The quantitative estimate of drug-likeness (QED) is 0.645. The molecular weight excluding hydrogens is 380 g/mol. The minimum atomic E-state index is -0.326. The molecule has 1 aromatic heterocycles. The van der Waals surface area contributed by atoms with Gasteiger partial charge in [-0.05, 0) is 43.5 Å². The van der Waals surface area contributed by atoms with E-state index >= 15 is 0 Å². The number of amides is 1. The highest BCUT2D eigenvalue weighted by Gasteiger charge is 2.27. The van der Waals surface area contributed by atoms with Crippen molar-refractivity contribution in [1.29, 1.82) is 0 Å². The highest BCUT2D eigenvalue weighted by atomic mass is 16.5. The van der Waals surface area contributed by atoms with Crippen LogP contribution < -0.4 is 20.7 Å². The minimum absolute atomic E-state index is 0.153. The zero-order chi connectivity index (χ0) is 21.8. The number of fused-ring (bicyclic) bond motifs is 1. The molecule has 0 spiro atoms. The van der Waals surface area contributed by atoms with Crippen LogP contribution in [0, 0.1) is 0 Å². The molecule has 30 heavy (non-hydrogen) atoms. The van der Waals surface area contributed by atoms with Crippen LogP contribution in [0.15, 0.2) is 24.3 Å². The zero-order valence-corrected chi connectivity index (χ0v) is 17.4. The molecule has 1 aromatic carbocycles. The molecule has 0 saturated carbocycles. The van der Waals surface area contributed by atoms with E-state index in [2.05, 4.69) is 27.1 Å². The molecular formula is C22H30N6O2. The number of hydrogen-bond donors (Lipinski definition) is 2. The van der Waals surface area contributed by atoms with E-state index in [9.17, 15) is 4.79 Å². The number of aromatic nitrogens is 2. The number of likely N-dealkylation sites (tertiary alicyclic amines) is 1. The van der Waals surface area contributed by atoms with Gasteiger partial charge in [0.05, 0.1) is 13.2 Å². The van der Waals surface area contributed by atoms with Crippen LogP contribution >= 0.6 is 0 Å². The Labute approximate surface area is 178 Å². The number of benzene rings is 1. The summed E-state index contributed by atoms with van der Waals surface area (Å²) in [6.07, 6.45) is 4.25. The number of hydrogen-bond acceptors (Lipinski definition) is 7. The van der Waals surface area contributed by atoms with Gasteiger partial charge in [0.2, 0.25) is 5.91 Å². The van der Waals surface area contributed by atoms with Crippen LogP contribution in [-0.2, 0) is 17.9 Å². The molecule has 1 amide bonds. The number of nitrogen functional groups attached to an aromatic ring is 1. The molecule has 1 unspecified atom stereocenters. The molecule has 1 saturated heterocycles. The van der Waals surface area contributed by atoms with E-state index in [1.807, 2.05) is 29.2 Å². The highest BCUT2D eigenvalue weighted by Crippen LogP contribution is 2.34. The number of rotatable bonds is 8. The standard InChI is InChI=1S/C22H30N6O2/c1-2-3-12-30-22-25-20(23)19-21(26-22)28(15-18(29)24-19)14-17-8-6-16(7-9-17)13-27-10-4-5-11-27/h6-9H,2-5,10-15H2,1H3,(H,24,29)(H2,23,25,26)/i13D. The fourth-order valence-electron chi connectivity index (χ4n) is 3.74. The van der Waals surface area contributed by atoms with Gasteiger partial charge in [-0.15, -0.1) is 0 Å². The van der Waals surface area contributed by atoms with Crippen molar-refractivity contribution < 1.29 is 10.9 Å². The molecule has 0 bridgehead atoms. The SMILES string of the molecule is [2H]C(c1ccc(CN2CC(=O)Nc3c(N)nc(OCCCC)nc32)cc1)N1CCCC1. The second-order valence-electron chi connectivity index (χ2n) is 7.81. The first-order valence-corrected chi connectivity index (χ1v) is 10.7. The molecule has 1 fully saturated rings. The number of anilines is 3. The number of nitrogens with zero attached hydrogens (tertiary/aromatic N) is 4. The van der Waals surface area contributed by atoms with E-state index in [0.717, 1.165) is 37.1 Å². The number of carbonyl (C=O) groups excluding carboxylic acids is 1. The van der Waals surface area contributed by atoms with Crippen LogP contribution in [0.5, 0.6) is 6.01 Å². The fraction of sp³-hybridized carbons (Fsp3) is 0.500. The molecule has 8 heteroatoms. The summed E-state index contributed by atoms with van der Waals surface area (Å²) in [6, 6.07) is 8.27. The van der Waals surface area contributed by atoms with Gasteiger partial charge >= 0.3 is 6.01 Å². The van der Waals surface area contributed by atoms with Gasteiger partial charge in [-0.1, -0.05) is 37.6 Å². The summed E-state index contributed by atoms with van der Waals surface area (Å²) in [4.78, 5) is 25.0. The second kappa shape index (κ2) is 9.30. The lowest BCUT2D eigenvalue weighted by Gasteiger charge is -2.30. The molecule has 0 radical (unpaired) electrons. The summed E-state index contributed by atoms with van der Waals surface area (Å²) >= 11 is 0. The molecule has 3 N–H and O–H groups in total. The van der Waals surface area contributed by atoms with Gasteiger partial charge < -0.3 is 20.7 Å². The molecule has 2 aromatic rings. The normalized spacial score (nSPS) is 18.0. The average Bonchev–Trinajstić information content (AvgIpc) is 3.30. The Morgan fingerprint density at radius 3 is 2.67 bits per heavy atom. The lowest BCUT2D eigenvalue weighted by atomic mass is 10.1. The summed E-state index contributed by atoms with van der Waals surface area (Å²) in [7, 11) is 0. The maximum absolute atomic E-state index is 12.2. The number of nitrogens with one attached hydrogen (secondary N) is 1. The van der Waals surface area contributed by atoms with Crippen LogP contribution in [-0.4, -0.2) is 47.0 Å². The predicted octanol–water partition coefficient (Wildman–Crippen LogP) is 2.79. The Morgan fingerprint density at radius 1 is 1.20 bits per heavy atom. The van der Waals surface area contributed by atoms with Gasteiger partial charge in [0.1, 0.15) is 5.69 Å². The van der Waals surface area contributed by atoms with Gasteiger partial charge in [0.25, 0.3) is 0 Å². The van der Waals surface area contributed by atoms with Crippen LogP contribution in [0.1, 0.15) is 45.1 Å². The molecule has 4 rings (SSSR count). The van der Waals surface area contributed by atoms with E-state index in [1.54, 1.807) is 0 Å². The highest BCUT2D eigenvalue weighted by molar-refractivity contribution is 6.03. The monoisotopic (exact) mass is 411 g/mol. The summed E-state index contributed by atoms with van der Waals surface area (Å²) in [6.45, 7) is 4.93. The number of nitrogens with two attached hydrogens (primary N) is 1. The predicted molar refractivity (Wildman–Crippen MR) is 117 cm³/mol. The van der Waals surface area contributed by atoms with E-state index in [0.29, 0.717) is 24.7 Å². The van der Waals surface area contributed by atoms with Crippen molar-refractivity contribution in [2.75, 3.05) is 42.2 Å². The largest absolute Gasteiger partial charge is 0.463 e. The number of ether oxygens (including phenoxy) is 1. The Morgan fingerprint density at radius 2 is 1.93 bits per heavy atom. The number of carbonyl (C=O) groups is 1. The summed E-state index contributed by atoms with van der Waals surface area (Å²) in [5.41, 5.74) is 8.52. The molecule has 160 valence electrons. The lowest BCUT2D eigenvalue weighted by Crippen LogP contribution is -2.39. The van der Waals surface area contributed by atoms with Crippen molar-refractivity contribution in [3.8, 4) is 6.01 Å². The number of unbranched alkanes of at least 4 members (excludes halogenated alkanes) is 1. The molecule has 0 aliphatic carbocycles. The molecule has 3 heterocycles. The first kappa shape index (κ1) is 19.1. The van der Waals surface area contributed by atoms with E-state index in [-0.39, 0.29) is 30.8 Å². The molecule has 8 nitrogen and oxygen atoms in total. The third-order valence-corrected chi connectivity index (χ3v) is 5.35. The van der Waals surface area contributed by atoms with Gasteiger partial charge in [-0.25, -0.2) is 0 Å². The third kappa shape index (κ3) is 4.81. The van der Waals surface area contributed by atoms with Gasteiger partial charge in [0.15, 0.2) is 11.6 Å². The Balaban J connectivity index is 1.51. The summed E-state index contributed by atoms with van der Waals surface area (Å²) < 4.78 is 14.1. The third-order valence-electron chi connectivity index (χ3n) is 5.35. The van der Waals surface area contributed by atoms with Gasteiger partial charge in [0, 0.05) is 14.4 Å². The zero-order valence-electron chi connectivity index (χ0n) is 18.4. The molecule has 2 aliphatic heterocycles. The van der Waals surface area contributed by atoms with Crippen LogP contribution in [0.4, 0.5) is 17.3 Å². The second-order valence-corrected chi connectivity index (χ2v) is 7.81. The Kier molecular flexibility index (Phi) is 5.92. The maximum Gasteiger partial charge on any atom is 0.320 e. The van der Waals surface area contributed by atoms with Crippen molar-refractivity contribution in [3.63, 3.8) is 0 Å². The Hall–Kier alpha value is -2.87. The van der Waals surface area contributed by atoms with E-state index < -0.39 is 0 Å². The van der Waals surface area contributed by atoms with Crippen molar-refractivity contribution in [1.82, 2.24) is 14.9 Å². The van der Waals surface area contributed by atoms with Crippen LogP contribution in [0.25, 0.3) is 0 Å². The van der Waals surface area contributed by atoms with Crippen molar-refractivity contribution in [2.45, 2.75) is 45.7 Å². The van der Waals surface area contributed by atoms with Gasteiger partial charge in [-0.2, -0.15) is 9.97 Å². The van der Waals surface area contributed by atoms with Crippen molar-refractivity contribution in [3.05, 3.63) is 35.4 Å². The summed E-state index contributed by atoms with van der Waals surface area (Å²) in [5, 5.41) is 2.78. The average molecular weight is 412 g/mol. The smallest absolute Gasteiger partial charge is 0.320 e. The topological polar surface area (TPSA) is 96.6 Å². The fourth-order valence-corrected chi connectivity index (χ4v) is 3.74. The first-order chi connectivity index (χ1) is 15.0. The Bertz CT molecular complexity index is 917.